The molecule has 8 aromatic rings. The molecular weight excluding hydrogens is 993 g/mol. The maximum absolute atomic E-state index is 11.4. The lowest BCUT2D eigenvalue weighted by molar-refractivity contribution is -0.385. The first kappa shape index (κ1) is 48.5. The van der Waals surface area contributed by atoms with Crippen LogP contribution in [-0.2, 0) is 26.1 Å². The van der Waals surface area contributed by atoms with Gasteiger partial charge in [0, 0.05) is 71.9 Å². The van der Waals surface area contributed by atoms with Crippen molar-refractivity contribution in [2.75, 3.05) is 0 Å². The number of rotatable bonds is 17. The SMILES string of the molecule is O=[N+]([O-])c1ccc(C2=Nn3c(COc4ccc(CCc5ccc(OCc6nnc7n6N=C(c6ccc([N+](=O)[O-])cc6)CC(c6ccc([N+](=O)[O-])cc6)S7)cc5)cc4)nnc3SC(c3ccc([N+](=O)[O-])cc3)C2)cc1. The second-order valence-corrected chi connectivity index (χ2v) is 19.1. The Bertz CT molecular complexity index is 3230. The molecule has 0 radical (unpaired) electrons. The van der Waals surface area contributed by atoms with Gasteiger partial charge in [0.15, 0.2) is 11.6 Å². The Morgan fingerprint density at radius 1 is 0.446 bits per heavy atom. The average molecular weight is 1030 g/mol. The Labute approximate surface area is 427 Å². The zero-order chi connectivity index (χ0) is 51.3. The maximum atomic E-state index is 11.4. The van der Waals surface area contributed by atoms with Crippen LogP contribution in [0.15, 0.2) is 166 Å². The Morgan fingerprint density at radius 2 is 0.770 bits per heavy atom. The number of aryl methyl sites for hydroxylation is 2. The summed E-state index contributed by atoms with van der Waals surface area (Å²) in [6, 6.07) is 40.4. The number of non-ortho nitro benzene ring substituents is 4. The summed E-state index contributed by atoms with van der Waals surface area (Å²) >= 11 is 2.81. The highest BCUT2D eigenvalue weighted by molar-refractivity contribution is 7.99. The number of hydrogen-bond donors (Lipinski definition) is 0. The molecule has 370 valence electrons. The molecular formula is C50H38N12O10S2. The molecule has 0 bridgehead atoms. The van der Waals surface area contributed by atoms with Crippen LogP contribution >= 0.6 is 23.5 Å². The van der Waals surface area contributed by atoms with Gasteiger partial charge in [-0.2, -0.15) is 19.6 Å². The van der Waals surface area contributed by atoms with Gasteiger partial charge in [-0.3, -0.25) is 40.5 Å². The van der Waals surface area contributed by atoms with Crippen molar-refractivity contribution in [2.45, 2.75) is 59.7 Å². The number of thioether (sulfide) groups is 2. The van der Waals surface area contributed by atoms with Crippen molar-refractivity contribution < 1.29 is 29.2 Å². The van der Waals surface area contributed by atoms with Crippen LogP contribution in [0.1, 0.15) is 68.4 Å². The highest BCUT2D eigenvalue weighted by atomic mass is 32.2. The fourth-order valence-electron chi connectivity index (χ4n) is 8.12. The highest BCUT2D eigenvalue weighted by Crippen LogP contribution is 2.43. The molecule has 2 aliphatic heterocycles. The van der Waals surface area contributed by atoms with Gasteiger partial charge in [0.25, 0.3) is 22.7 Å². The summed E-state index contributed by atoms with van der Waals surface area (Å²) in [5.41, 5.74) is 6.24. The molecule has 0 N–H and O–H groups in total. The third-order valence-corrected chi connectivity index (χ3v) is 14.5. The molecule has 4 heterocycles. The van der Waals surface area contributed by atoms with Crippen LogP contribution in [0, 0.1) is 40.5 Å². The Hall–Kier alpha value is -9.16. The van der Waals surface area contributed by atoms with E-state index in [1.54, 1.807) is 57.9 Å². The summed E-state index contributed by atoms with van der Waals surface area (Å²) in [4.78, 5) is 43.6. The minimum absolute atomic E-state index is 0.0283. The molecule has 0 saturated carbocycles. The van der Waals surface area contributed by atoms with Crippen LogP contribution in [0.4, 0.5) is 22.7 Å². The molecule has 0 fully saturated rings. The monoisotopic (exact) mass is 1030 g/mol. The lowest BCUT2D eigenvalue weighted by Crippen LogP contribution is -2.09. The number of nitrogens with zero attached hydrogens (tertiary/aromatic N) is 12. The molecule has 2 aromatic heterocycles. The van der Waals surface area contributed by atoms with E-state index in [2.05, 4.69) is 20.4 Å². The number of ether oxygens (including phenoxy) is 2. The molecule has 2 aliphatic rings. The maximum Gasteiger partial charge on any atom is 0.269 e. The van der Waals surface area contributed by atoms with Crippen molar-refractivity contribution in [1.29, 1.82) is 0 Å². The predicted octanol–water partition coefficient (Wildman–Crippen LogP) is 10.4. The van der Waals surface area contributed by atoms with E-state index in [-0.39, 0.29) is 46.5 Å². The van der Waals surface area contributed by atoms with E-state index in [1.807, 2.05) is 48.5 Å². The number of nitro groups is 4. The zero-order valence-corrected chi connectivity index (χ0v) is 40.2. The van der Waals surface area contributed by atoms with Crippen molar-refractivity contribution in [3.63, 3.8) is 0 Å². The zero-order valence-electron chi connectivity index (χ0n) is 38.5. The van der Waals surface area contributed by atoms with Crippen LogP contribution in [0.3, 0.4) is 0 Å². The number of aromatic nitrogens is 6. The standard InChI is InChI=1S/C50H38N12O10S2/c63-59(64)37-15-7-33(8-16-37)43-27-45(35-11-19-39(20-12-35)61(67)68)73-49-53-51-47(57(49)55-43)29-71-41-23-3-31(4-24-41)1-2-32-5-25-42(26-6-32)72-30-48-52-54-50-58(48)56-44(34-9-17-38(18-10-34)60(65)66)28-46(74-50)36-13-21-40(22-14-36)62(69)70/h3-26,45-46H,1-2,27-30H2. The summed E-state index contributed by atoms with van der Waals surface area (Å²) in [6.45, 7) is 0.0839. The van der Waals surface area contributed by atoms with Gasteiger partial charge in [0.2, 0.25) is 10.3 Å². The predicted molar refractivity (Wildman–Crippen MR) is 272 cm³/mol. The van der Waals surface area contributed by atoms with Crippen molar-refractivity contribution in [1.82, 2.24) is 29.7 Å². The second kappa shape index (κ2) is 21.3. The van der Waals surface area contributed by atoms with Crippen LogP contribution in [0.5, 0.6) is 11.5 Å². The van der Waals surface area contributed by atoms with E-state index in [9.17, 15) is 40.5 Å². The first-order valence-corrected chi connectivity index (χ1v) is 24.5. The van der Waals surface area contributed by atoms with E-state index in [0.29, 0.717) is 68.9 Å². The normalized spacial score (nSPS) is 15.1. The Morgan fingerprint density at radius 3 is 1.09 bits per heavy atom. The van der Waals surface area contributed by atoms with E-state index in [1.165, 1.54) is 72.1 Å². The van der Waals surface area contributed by atoms with E-state index < -0.39 is 19.7 Å². The van der Waals surface area contributed by atoms with Crippen molar-refractivity contribution in [3.05, 3.63) is 231 Å². The second-order valence-electron chi connectivity index (χ2n) is 16.8. The van der Waals surface area contributed by atoms with Crippen molar-refractivity contribution >= 4 is 57.7 Å². The van der Waals surface area contributed by atoms with Crippen LogP contribution < -0.4 is 9.47 Å². The van der Waals surface area contributed by atoms with Gasteiger partial charge >= 0.3 is 0 Å². The Kier molecular flexibility index (Phi) is 13.9. The van der Waals surface area contributed by atoms with Crippen LogP contribution in [-0.4, -0.2) is 60.9 Å². The molecule has 24 heteroatoms. The summed E-state index contributed by atoms with van der Waals surface area (Å²) in [5.74, 6) is 2.08. The molecule has 6 aromatic carbocycles. The molecule has 2 atom stereocenters. The van der Waals surface area contributed by atoms with Crippen molar-refractivity contribution in [3.8, 4) is 11.5 Å². The van der Waals surface area contributed by atoms with Crippen molar-refractivity contribution in [2.24, 2.45) is 10.2 Å². The van der Waals surface area contributed by atoms with Gasteiger partial charge in [-0.15, -0.1) is 20.4 Å². The summed E-state index contributed by atoms with van der Waals surface area (Å²) in [7, 11) is 0. The topological polar surface area (TPSA) is 277 Å². The minimum Gasteiger partial charge on any atom is -0.486 e. The largest absolute Gasteiger partial charge is 0.486 e. The van der Waals surface area contributed by atoms with E-state index in [0.717, 1.165) is 35.1 Å². The van der Waals surface area contributed by atoms with Gasteiger partial charge < -0.3 is 9.47 Å². The summed E-state index contributed by atoms with van der Waals surface area (Å²) < 4.78 is 15.5. The fourth-order valence-corrected chi connectivity index (χ4v) is 10.4. The molecule has 10 rings (SSSR count). The van der Waals surface area contributed by atoms with Crippen LogP contribution in [0.25, 0.3) is 0 Å². The van der Waals surface area contributed by atoms with Gasteiger partial charge in [-0.05, 0) is 94.8 Å². The highest BCUT2D eigenvalue weighted by Gasteiger charge is 2.29. The molecule has 2 unspecified atom stereocenters. The Balaban J connectivity index is 0.768. The number of hydrogen-bond acceptors (Lipinski definition) is 18. The number of benzene rings is 6. The average Bonchev–Trinajstić information content (AvgIpc) is 3.84. The third-order valence-electron chi connectivity index (χ3n) is 12.1. The minimum atomic E-state index is -0.466. The van der Waals surface area contributed by atoms with Gasteiger partial charge in [0.1, 0.15) is 24.7 Å². The number of nitro benzene ring substituents is 4. The summed E-state index contributed by atoms with van der Waals surface area (Å²) in [6.07, 6.45) is 2.31. The van der Waals surface area contributed by atoms with Crippen LogP contribution in [0.2, 0.25) is 0 Å². The van der Waals surface area contributed by atoms with Gasteiger partial charge in [-0.25, -0.2) is 0 Å². The lowest BCUT2D eigenvalue weighted by Gasteiger charge is -2.14. The quantitative estimate of drug-likeness (QED) is 0.0605. The third kappa shape index (κ3) is 11.0. The molecule has 74 heavy (non-hydrogen) atoms. The molecule has 0 saturated heterocycles. The number of fused-ring (bicyclic) bond motifs is 2. The molecule has 0 aliphatic carbocycles. The van der Waals surface area contributed by atoms with Gasteiger partial charge in [-0.1, -0.05) is 72.1 Å². The molecule has 22 nitrogen and oxygen atoms in total. The molecule has 0 amide bonds. The fraction of sp³-hybridized carbons (Fsp3) is 0.160. The molecule has 0 spiro atoms. The first-order chi connectivity index (χ1) is 35.9. The first-order valence-electron chi connectivity index (χ1n) is 22.7. The lowest BCUT2D eigenvalue weighted by atomic mass is 10.0. The van der Waals surface area contributed by atoms with E-state index in [4.69, 9.17) is 19.7 Å². The van der Waals surface area contributed by atoms with Gasteiger partial charge in [0.05, 0.1) is 31.1 Å². The summed E-state index contributed by atoms with van der Waals surface area (Å²) in [5, 5.41) is 73.3. The van der Waals surface area contributed by atoms with E-state index >= 15 is 0 Å². The smallest absolute Gasteiger partial charge is 0.269 e.